The molecule has 0 aromatic heterocycles. The van der Waals surface area contributed by atoms with Crippen LogP contribution in [0, 0.1) is 0 Å². The van der Waals surface area contributed by atoms with Gasteiger partial charge in [0.25, 0.3) is 0 Å². The van der Waals surface area contributed by atoms with Crippen LogP contribution >= 0.6 is 0 Å². The first-order chi connectivity index (χ1) is 26.5. The molecule has 0 amide bonds. The topological polar surface area (TPSA) is 203 Å². The summed E-state index contributed by atoms with van der Waals surface area (Å²) in [6, 6.07) is 27.3. The van der Waals surface area contributed by atoms with Crippen LogP contribution in [0.1, 0.15) is 113 Å². The van der Waals surface area contributed by atoms with Gasteiger partial charge >= 0.3 is 88.7 Å². The zero-order valence-electron chi connectivity index (χ0n) is 37.4. The van der Waals surface area contributed by atoms with Gasteiger partial charge in [0.1, 0.15) is 30.4 Å². The van der Waals surface area contributed by atoms with Crippen molar-refractivity contribution in [2.75, 3.05) is 0 Å². The maximum absolute atomic E-state index is 11.4. The Morgan fingerprint density at radius 2 is 0.607 bits per heavy atom. The maximum Gasteiger partial charge on any atom is 1.00 e. The van der Waals surface area contributed by atoms with E-state index in [4.69, 9.17) is 0 Å². The standard InChI is InChI=1S/3C15H18O3S.3Na.H2O/c3*1-4-11-9-15(19(16,17)18)14-8-12(10(2)3)6-5-7-13(11)14;;;;/h3*5-10H,4H2,1-3H3,(H,16,17,18);;;;1H2/q;;;3*+1;/p-3. The SMILES string of the molecule is CCc1cc(S(=O)(=O)[O-])c2cc(C(C)C)cccc1-2.CCc1cc(S(=O)(=O)[O-])c2cc(C(C)C)cccc1-2.CCc1cc(S(=O)(=O)[O-])c2cc(C(C)C)cccc1-2.O.[Na+].[Na+].[Na+]. The molecule has 6 rings (SSSR count). The van der Waals surface area contributed by atoms with Gasteiger partial charge in [-0.3, -0.25) is 0 Å². The van der Waals surface area contributed by atoms with Gasteiger partial charge in [0, 0.05) is 0 Å². The molecule has 0 spiro atoms. The summed E-state index contributed by atoms with van der Waals surface area (Å²) >= 11 is 0. The van der Waals surface area contributed by atoms with Crippen molar-refractivity contribution in [3.63, 3.8) is 0 Å². The van der Waals surface area contributed by atoms with Gasteiger partial charge in [-0.25, -0.2) is 25.3 Å². The molecule has 16 heteroatoms. The van der Waals surface area contributed by atoms with Crippen molar-refractivity contribution in [1.29, 1.82) is 0 Å². The van der Waals surface area contributed by atoms with Crippen LogP contribution in [0.3, 0.4) is 0 Å². The van der Waals surface area contributed by atoms with Gasteiger partial charge in [0.15, 0.2) is 0 Å². The summed E-state index contributed by atoms with van der Waals surface area (Å²) in [6.45, 7) is 18.1. The van der Waals surface area contributed by atoms with Crippen LogP contribution < -0.4 is 88.7 Å². The van der Waals surface area contributed by atoms with Crippen LogP contribution in [0.2, 0.25) is 0 Å². The molecule has 10 nitrogen and oxygen atoms in total. The first kappa shape index (κ1) is 59.8. The van der Waals surface area contributed by atoms with Crippen LogP contribution in [0.25, 0.3) is 33.4 Å². The van der Waals surface area contributed by atoms with Crippen molar-refractivity contribution in [2.24, 2.45) is 0 Å². The summed E-state index contributed by atoms with van der Waals surface area (Å²) in [6.07, 6.45) is 2.10. The normalized spacial score (nSPS) is 11.5. The molecule has 0 aromatic carbocycles. The predicted molar refractivity (Wildman–Crippen MR) is 227 cm³/mol. The fourth-order valence-corrected chi connectivity index (χ4v) is 9.06. The molecule has 0 atom stereocenters. The minimum Gasteiger partial charge on any atom is -0.744 e. The Balaban J connectivity index is 0.000000857. The van der Waals surface area contributed by atoms with E-state index in [-0.39, 0.29) is 127 Å². The summed E-state index contributed by atoms with van der Waals surface area (Å²) in [4.78, 5) is -0.299. The van der Waals surface area contributed by atoms with E-state index < -0.39 is 30.4 Å². The molecule has 0 bridgehead atoms. The average Bonchev–Trinajstić information content (AvgIpc) is 3.56. The van der Waals surface area contributed by atoms with Gasteiger partial charge < -0.3 is 19.1 Å². The van der Waals surface area contributed by atoms with E-state index >= 15 is 0 Å². The Morgan fingerprint density at radius 3 is 0.770 bits per heavy atom. The predicted octanol–water partition coefficient (Wildman–Crippen LogP) is 0.331. The fraction of sp³-hybridized carbons (Fsp3) is 0.333. The molecule has 0 aromatic rings. The second kappa shape index (κ2) is 24.9. The van der Waals surface area contributed by atoms with E-state index in [2.05, 4.69) is 0 Å². The van der Waals surface area contributed by atoms with Crippen molar-refractivity contribution in [3.8, 4) is 33.4 Å². The zero-order valence-corrected chi connectivity index (χ0v) is 45.9. The number of hydrogen-bond acceptors (Lipinski definition) is 9. The molecule has 0 saturated heterocycles. The molecule has 0 heterocycles. The minimum absolute atomic E-state index is 0. The van der Waals surface area contributed by atoms with E-state index in [0.29, 0.717) is 36.0 Å². The third kappa shape index (κ3) is 14.9. The molecule has 61 heavy (non-hydrogen) atoms. The number of hydrogen-bond donors (Lipinski definition) is 0. The summed E-state index contributed by atoms with van der Waals surface area (Å²) in [7, 11) is -13.3. The van der Waals surface area contributed by atoms with Crippen LogP contribution in [0.15, 0.2) is 106 Å². The second-order valence-electron chi connectivity index (χ2n) is 15.0. The van der Waals surface area contributed by atoms with Crippen molar-refractivity contribution in [1.82, 2.24) is 0 Å². The Bertz CT molecular complexity index is 2320. The molecule has 0 radical (unpaired) electrons. The second-order valence-corrected chi connectivity index (χ2v) is 19.0. The van der Waals surface area contributed by atoms with E-state index in [1.807, 2.05) is 135 Å². The van der Waals surface area contributed by atoms with Crippen molar-refractivity contribution in [3.05, 3.63) is 124 Å². The van der Waals surface area contributed by atoms with Crippen molar-refractivity contribution >= 4 is 30.4 Å². The minimum atomic E-state index is -4.44. The van der Waals surface area contributed by atoms with Crippen molar-refractivity contribution < 1.29 is 133 Å². The molecule has 6 aliphatic rings. The number of fused-ring (bicyclic) bond motifs is 3. The third-order valence-corrected chi connectivity index (χ3v) is 12.8. The van der Waals surface area contributed by atoms with E-state index in [9.17, 15) is 38.9 Å². The monoisotopic (exact) mass is 918 g/mol. The summed E-state index contributed by atoms with van der Waals surface area (Å²) < 4.78 is 103. The van der Waals surface area contributed by atoms with Gasteiger partial charge in [0.05, 0.1) is 14.7 Å². The fourth-order valence-electron chi connectivity index (χ4n) is 6.88. The Kier molecular flexibility index (Phi) is 24.4. The van der Waals surface area contributed by atoms with Crippen LogP contribution in [-0.2, 0) is 49.6 Å². The number of rotatable bonds is 9. The Morgan fingerprint density at radius 1 is 0.393 bits per heavy atom. The number of aryl methyl sites for hydroxylation is 3. The van der Waals surface area contributed by atoms with Gasteiger partial charge in [-0.1, -0.05) is 117 Å². The quantitative estimate of drug-likeness (QED) is 0.145. The van der Waals surface area contributed by atoms with Gasteiger partial charge in [-0.05, 0) is 140 Å². The summed E-state index contributed by atoms with van der Waals surface area (Å²) in [5.74, 6) is 0.827. The molecular weight excluding hydrogens is 866 g/mol. The Hall–Kier alpha value is -1.21. The summed E-state index contributed by atoms with van der Waals surface area (Å²) in [5.41, 5.74) is 9.94. The van der Waals surface area contributed by atoms with E-state index in [1.165, 1.54) is 18.2 Å². The van der Waals surface area contributed by atoms with Gasteiger partial charge in [-0.2, -0.15) is 0 Å². The van der Waals surface area contributed by atoms with Gasteiger partial charge in [-0.15, -0.1) is 0 Å². The molecule has 6 aliphatic carbocycles. The molecule has 2 N–H and O–H groups in total. The van der Waals surface area contributed by atoms with Crippen molar-refractivity contribution in [2.45, 2.75) is 114 Å². The molecule has 0 fully saturated rings. The summed E-state index contributed by atoms with van der Waals surface area (Å²) in [5, 5.41) is 0. The zero-order chi connectivity index (χ0) is 42.6. The van der Waals surface area contributed by atoms with Crippen LogP contribution in [0.5, 0.6) is 0 Å². The molecule has 0 saturated carbocycles. The van der Waals surface area contributed by atoms with Gasteiger partial charge in [0.2, 0.25) is 0 Å². The first-order valence-electron chi connectivity index (χ1n) is 19.1. The largest absolute Gasteiger partial charge is 1.00 e. The van der Waals surface area contributed by atoms with Crippen LogP contribution in [-0.4, -0.2) is 44.4 Å². The Labute approximate surface area is 430 Å². The average molecular weight is 919 g/mol. The van der Waals surface area contributed by atoms with Crippen LogP contribution in [0.4, 0.5) is 0 Å². The molecule has 0 unspecified atom stereocenters. The molecule has 314 valence electrons. The third-order valence-electron chi connectivity index (χ3n) is 10.2. The first-order valence-corrected chi connectivity index (χ1v) is 23.3. The molecule has 0 aliphatic heterocycles. The smallest absolute Gasteiger partial charge is 0.744 e. The van der Waals surface area contributed by atoms with E-state index in [1.54, 1.807) is 0 Å². The maximum atomic E-state index is 11.4. The van der Waals surface area contributed by atoms with E-state index in [0.717, 1.165) is 50.1 Å². The molecular formula is C45H53Na3O10S3.